The average molecular weight is 463 g/mol. The number of nitrogens with zero attached hydrogens (tertiary/aromatic N) is 2. The van der Waals surface area contributed by atoms with Gasteiger partial charge in [-0.05, 0) is 75.7 Å². The van der Waals surface area contributed by atoms with E-state index in [4.69, 9.17) is 21.7 Å². The van der Waals surface area contributed by atoms with E-state index in [1.807, 2.05) is 42.5 Å². The Kier molecular flexibility index (Phi) is 6.30. The minimum atomic E-state index is -0.246. The van der Waals surface area contributed by atoms with Gasteiger partial charge in [0.1, 0.15) is 11.5 Å². The molecule has 0 spiro atoms. The van der Waals surface area contributed by atoms with Crippen LogP contribution in [0.1, 0.15) is 11.1 Å². The van der Waals surface area contributed by atoms with E-state index in [0.717, 1.165) is 27.1 Å². The number of hydrogen-bond donors (Lipinski definition) is 0. The molecule has 0 radical (unpaired) electrons. The molecular weight excluding hydrogens is 448 g/mol. The van der Waals surface area contributed by atoms with Crippen molar-refractivity contribution < 1.29 is 14.3 Å². The van der Waals surface area contributed by atoms with Crippen LogP contribution in [0.25, 0.3) is 6.08 Å². The molecule has 2 aromatic rings. The van der Waals surface area contributed by atoms with Gasteiger partial charge in [0.05, 0.1) is 29.8 Å². The Bertz CT molecular complexity index is 942. The first kappa shape index (κ1) is 19.6. The summed E-state index contributed by atoms with van der Waals surface area (Å²) in [5.74, 6) is 1.24. The van der Waals surface area contributed by atoms with E-state index >= 15 is 0 Å². The van der Waals surface area contributed by atoms with Crippen LogP contribution in [0.2, 0.25) is 0 Å². The van der Waals surface area contributed by atoms with Gasteiger partial charge in [-0.3, -0.25) is 4.79 Å². The molecule has 1 fully saturated rings. The number of benzene rings is 2. The van der Waals surface area contributed by atoms with Crippen LogP contribution >= 0.6 is 39.9 Å². The molecule has 0 aromatic heterocycles. The monoisotopic (exact) mass is 462 g/mol. The summed E-state index contributed by atoms with van der Waals surface area (Å²) in [6, 6.07) is 13.0. The fourth-order valence-corrected chi connectivity index (χ4v) is 4.03. The molecular formula is C19H15BrN2O3S2. The van der Waals surface area contributed by atoms with Crippen molar-refractivity contribution in [1.29, 1.82) is 0 Å². The first-order valence-electron chi connectivity index (χ1n) is 7.81. The molecule has 0 aliphatic carbocycles. The lowest BCUT2D eigenvalue weighted by Crippen LogP contribution is -2.22. The summed E-state index contributed by atoms with van der Waals surface area (Å²) in [5.41, 5.74) is 1.70. The molecule has 5 nitrogen and oxygen atoms in total. The zero-order valence-electron chi connectivity index (χ0n) is 14.5. The number of thiocarbonyl (C=S) groups is 1. The van der Waals surface area contributed by atoms with Gasteiger partial charge in [0.2, 0.25) is 0 Å². The summed E-state index contributed by atoms with van der Waals surface area (Å²) in [5, 5.41) is 5.48. The Morgan fingerprint density at radius 1 is 1.11 bits per heavy atom. The van der Waals surface area contributed by atoms with E-state index in [1.54, 1.807) is 26.5 Å². The highest BCUT2D eigenvalue weighted by Crippen LogP contribution is 2.33. The first-order valence-corrected chi connectivity index (χ1v) is 9.83. The quantitative estimate of drug-likeness (QED) is 0.366. The third kappa shape index (κ3) is 4.58. The maximum atomic E-state index is 12.6. The lowest BCUT2D eigenvalue weighted by molar-refractivity contribution is -0.122. The maximum absolute atomic E-state index is 12.6. The molecule has 0 N–H and O–H groups in total. The minimum absolute atomic E-state index is 0.246. The number of hydrazone groups is 1. The smallest absolute Gasteiger partial charge is 0.286 e. The van der Waals surface area contributed by atoms with Crippen molar-refractivity contribution in [2.45, 2.75) is 0 Å². The molecule has 0 bridgehead atoms. The second kappa shape index (κ2) is 8.69. The summed E-state index contributed by atoms with van der Waals surface area (Å²) >= 11 is 9.95. The summed E-state index contributed by atoms with van der Waals surface area (Å²) < 4.78 is 11.5. The average Bonchev–Trinajstić information content (AvgIpc) is 2.94. The van der Waals surface area contributed by atoms with Crippen molar-refractivity contribution in [2.75, 3.05) is 14.2 Å². The van der Waals surface area contributed by atoms with Crippen molar-refractivity contribution in [1.82, 2.24) is 5.01 Å². The summed E-state index contributed by atoms with van der Waals surface area (Å²) in [7, 11) is 3.21. The Hall–Kier alpha value is -2.16. The molecule has 0 saturated carbocycles. The molecule has 0 atom stereocenters. The lowest BCUT2D eigenvalue weighted by Gasteiger charge is -2.07. The Morgan fingerprint density at radius 3 is 2.44 bits per heavy atom. The largest absolute Gasteiger partial charge is 0.497 e. The number of halogens is 1. The summed E-state index contributed by atoms with van der Waals surface area (Å²) in [6.07, 6.45) is 3.38. The fourth-order valence-electron chi connectivity index (χ4n) is 2.30. The highest BCUT2D eigenvalue weighted by molar-refractivity contribution is 9.10. The van der Waals surface area contributed by atoms with Crippen LogP contribution in [0.4, 0.5) is 0 Å². The number of hydrogen-bond acceptors (Lipinski definition) is 6. The predicted octanol–water partition coefficient (Wildman–Crippen LogP) is 4.70. The molecule has 2 aromatic carbocycles. The van der Waals surface area contributed by atoms with E-state index in [9.17, 15) is 4.79 Å². The molecule has 1 saturated heterocycles. The highest BCUT2D eigenvalue weighted by Gasteiger charge is 2.32. The number of thioether (sulfide) groups is 1. The van der Waals surface area contributed by atoms with Gasteiger partial charge in [-0.2, -0.15) is 10.1 Å². The number of carbonyl (C=O) groups is 1. The lowest BCUT2D eigenvalue weighted by atomic mass is 10.2. The number of ether oxygens (including phenoxy) is 2. The molecule has 1 aliphatic rings. The molecule has 8 heteroatoms. The fraction of sp³-hybridized carbons (Fsp3) is 0.105. The van der Waals surface area contributed by atoms with E-state index in [0.29, 0.717) is 9.23 Å². The first-order chi connectivity index (χ1) is 13.0. The van der Waals surface area contributed by atoms with Crippen LogP contribution in [-0.2, 0) is 4.79 Å². The van der Waals surface area contributed by atoms with Crippen molar-refractivity contribution in [3.8, 4) is 11.5 Å². The Labute approximate surface area is 175 Å². The van der Waals surface area contributed by atoms with Crippen LogP contribution in [-0.4, -0.2) is 35.7 Å². The van der Waals surface area contributed by atoms with E-state index < -0.39 is 0 Å². The molecule has 3 rings (SSSR count). The van der Waals surface area contributed by atoms with E-state index in [1.165, 1.54) is 16.8 Å². The van der Waals surface area contributed by atoms with Crippen LogP contribution in [0.3, 0.4) is 0 Å². The second-order valence-corrected chi connectivity index (χ2v) is 7.94. The van der Waals surface area contributed by atoms with Gasteiger partial charge in [-0.15, -0.1) is 0 Å². The third-order valence-corrected chi connectivity index (χ3v) is 5.59. The third-order valence-electron chi connectivity index (χ3n) is 3.69. The van der Waals surface area contributed by atoms with Crippen LogP contribution in [0.5, 0.6) is 11.5 Å². The molecule has 138 valence electrons. The van der Waals surface area contributed by atoms with Gasteiger partial charge in [0.15, 0.2) is 4.32 Å². The second-order valence-electron chi connectivity index (χ2n) is 5.41. The van der Waals surface area contributed by atoms with Gasteiger partial charge in [-0.25, -0.2) is 0 Å². The SMILES string of the molecule is COc1ccc(/C=C2\SC(=S)N(/N=C\c3ccc(OC)c(Br)c3)C2=O)cc1. The van der Waals surface area contributed by atoms with Gasteiger partial charge in [-0.1, -0.05) is 23.9 Å². The molecule has 1 amide bonds. The van der Waals surface area contributed by atoms with Gasteiger partial charge in [0, 0.05) is 0 Å². The van der Waals surface area contributed by atoms with Crippen LogP contribution < -0.4 is 9.47 Å². The minimum Gasteiger partial charge on any atom is -0.497 e. The summed E-state index contributed by atoms with van der Waals surface area (Å²) in [4.78, 5) is 13.1. The standard InChI is InChI=1S/C19H15BrN2O3S2/c1-24-14-6-3-12(4-7-14)10-17-18(23)22(19(26)27-17)21-11-13-5-8-16(25-2)15(20)9-13/h3-11H,1-2H3/b17-10-,21-11-. The zero-order valence-corrected chi connectivity index (χ0v) is 17.7. The van der Waals surface area contributed by atoms with E-state index in [2.05, 4.69) is 21.0 Å². The Morgan fingerprint density at radius 2 is 1.81 bits per heavy atom. The number of amides is 1. The zero-order chi connectivity index (χ0) is 19.4. The van der Waals surface area contributed by atoms with Crippen molar-refractivity contribution in [2.24, 2.45) is 5.10 Å². The molecule has 27 heavy (non-hydrogen) atoms. The highest BCUT2D eigenvalue weighted by atomic mass is 79.9. The predicted molar refractivity (Wildman–Crippen MR) is 116 cm³/mol. The molecule has 1 aliphatic heterocycles. The molecule has 1 heterocycles. The Balaban J connectivity index is 1.77. The van der Waals surface area contributed by atoms with Gasteiger partial charge >= 0.3 is 0 Å². The van der Waals surface area contributed by atoms with Gasteiger partial charge in [0.25, 0.3) is 5.91 Å². The van der Waals surface area contributed by atoms with Crippen LogP contribution in [0.15, 0.2) is 56.9 Å². The number of rotatable bonds is 5. The molecule has 0 unspecified atom stereocenters. The normalized spacial score (nSPS) is 15.8. The summed E-state index contributed by atoms with van der Waals surface area (Å²) in [6.45, 7) is 0. The van der Waals surface area contributed by atoms with Crippen molar-refractivity contribution >= 4 is 62.4 Å². The van der Waals surface area contributed by atoms with E-state index in [-0.39, 0.29) is 5.91 Å². The topological polar surface area (TPSA) is 51.1 Å². The van der Waals surface area contributed by atoms with Crippen molar-refractivity contribution in [3.05, 3.63) is 63.0 Å². The number of carbonyl (C=O) groups excluding carboxylic acids is 1. The van der Waals surface area contributed by atoms with Crippen LogP contribution in [0, 0.1) is 0 Å². The van der Waals surface area contributed by atoms with Crippen molar-refractivity contribution in [3.63, 3.8) is 0 Å². The number of methoxy groups -OCH3 is 2. The van der Waals surface area contributed by atoms with Gasteiger partial charge < -0.3 is 9.47 Å². The maximum Gasteiger partial charge on any atom is 0.286 e.